The summed E-state index contributed by atoms with van der Waals surface area (Å²) in [5, 5.41) is 5.20. The molecule has 0 atom stereocenters. The number of halogens is 2. The molecule has 2 aromatic heterocycles. The lowest BCUT2D eigenvalue weighted by Gasteiger charge is -2.02. The van der Waals surface area contributed by atoms with Gasteiger partial charge < -0.3 is 5.32 Å². The molecule has 0 aliphatic rings. The first kappa shape index (κ1) is 16.4. The number of nitrogens with one attached hydrogen (secondary N) is 1. The Morgan fingerprint density at radius 2 is 2.04 bits per heavy atom. The van der Waals surface area contributed by atoms with Crippen LogP contribution in [0.15, 0.2) is 46.7 Å². The van der Waals surface area contributed by atoms with Crippen LogP contribution >= 0.6 is 46.0 Å². The molecule has 0 radical (unpaired) electrons. The number of anilines is 1. The fourth-order valence-corrected chi connectivity index (χ4v) is 4.23. The van der Waals surface area contributed by atoms with E-state index in [1.807, 2.05) is 17.5 Å². The zero-order valence-corrected chi connectivity index (χ0v) is 14.8. The first-order valence-electron chi connectivity index (χ1n) is 6.49. The van der Waals surface area contributed by atoms with E-state index in [1.54, 1.807) is 12.1 Å². The number of thiazole rings is 1. The van der Waals surface area contributed by atoms with E-state index in [2.05, 4.69) is 10.3 Å². The average molecular weight is 385 g/mol. The topological polar surface area (TPSA) is 42.0 Å². The van der Waals surface area contributed by atoms with Gasteiger partial charge in [0.25, 0.3) is 0 Å². The van der Waals surface area contributed by atoms with Crippen molar-refractivity contribution < 1.29 is 9.18 Å². The van der Waals surface area contributed by atoms with Crippen LogP contribution in [0.5, 0.6) is 0 Å². The maximum absolute atomic E-state index is 12.8. The van der Waals surface area contributed by atoms with Gasteiger partial charge in [-0.3, -0.25) is 4.79 Å². The summed E-state index contributed by atoms with van der Waals surface area (Å²) in [7, 11) is 0. The van der Waals surface area contributed by atoms with Gasteiger partial charge in [0.15, 0.2) is 5.13 Å². The van der Waals surface area contributed by atoms with Gasteiger partial charge in [0, 0.05) is 10.3 Å². The number of carbonyl (C=O) groups is 1. The summed E-state index contributed by atoms with van der Waals surface area (Å²) >= 11 is 10.1. The van der Waals surface area contributed by atoms with E-state index in [4.69, 9.17) is 11.6 Å². The van der Waals surface area contributed by atoms with Gasteiger partial charge in [-0.1, -0.05) is 11.6 Å². The number of thiophene rings is 1. The summed E-state index contributed by atoms with van der Waals surface area (Å²) in [6.07, 6.45) is 0. The van der Waals surface area contributed by atoms with Crippen molar-refractivity contribution in [1.82, 2.24) is 4.98 Å². The molecule has 1 aromatic carbocycles. The Hall–Kier alpha value is -1.41. The van der Waals surface area contributed by atoms with Crippen LogP contribution in [0.1, 0.15) is 0 Å². The minimum absolute atomic E-state index is 0.149. The van der Waals surface area contributed by atoms with Crippen molar-refractivity contribution in [3.8, 4) is 10.6 Å². The monoisotopic (exact) mass is 384 g/mol. The largest absolute Gasteiger partial charge is 0.301 e. The molecule has 0 bridgehead atoms. The average Bonchev–Trinajstić information content (AvgIpc) is 3.16. The number of amides is 1. The lowest BCUT2D eigenvalue weighted by molar-refractivity contribution is -0.113. The van der Waals surface area contributed by atoms with Crippen molar-refractivity contribution in [2.45, 2.75) is 4.90 Å². The summed E-state index contributed by atoms with van der Waals surface area (Å²) in [6.45, 7) is 0. The number of aromatic nitrogens is 1. The summed E-state index contributed by atoms with van der Waals surface area (Å²) < 4.78 is 13.5. The third-order valence-electron chi connectivity index (χ3n) is 2.76. The van der Waals surface area contributed by atoms with Crippen molar-refractivity contribution in [3.05, 3.63) is 51.9 Å². The van der Waals surface area contributed by atoms with Crippen molar-refractivity contribution in [2.75, 3.05) is 11.1 Å². The second kappa shape index (κ2) is 7.44. The van der Waals surface area contributed by atoms with Gasteiger partial charge in [-0.05, 0) is 36.4 Å². The lowest BCUT2D eigenvalue weighted by atomic mass is 10.4. The number of carbonyl (C=O) groups excluding carboxylic acids is 1. The maximum atomic E-state index is 12.8. The highest BCUT2D eigenvalue weighted by atomic mass is 35.5. The number of hydrogen-bond acceptors (Lipinski definition) is 5. The molecule has 1 amide bonds. The molecular formula is C15H10ClFN2OS3. The standard InChI is InChI=1S/C15H10ClFN2OS3/c16-13-6-5-12(23-13)11-7-22-15(18-11)19-14(20)8-21-10-3-1-9(17)2-4-10/h1-7H,8H2,(H,18,19,20). The minimum Gasteiger partial charge on any atom is -0.301 e. The summed E-state index contributed by atoms with van der Waals surface area (Å²) in [5.74, 6) is -0.196. The van der Waals surface area contributed by atoms with Crippen LogP contribution in [0.25, 0.3) is 10.6 Å². The smallest absolute Gasteiger partial charge is 0.236 e. The third kappa shape index (κ3) is 4.54. The molecule has 0 saturated heterocycles. The van der Waals surface area contributed by atoms with Gasteiger partial charge in [0.05, 0.1) is 20.7 Å². The van der Waals surface area contributed by atoms with Crippen molar-refractivity contribution in [1.29, 1.82) is 0 Å². The van der Waals surface area contributed by atoms with Gasteiger partial charge in [0.2, 0.25) is 5.91 Å². The highest BCUT2D eigenvalue weighted by Gasteiger charge is 2.10. The highest BCUT2D eigenvalue weighted by Crippen LogP contribution is 2.32. The maximum Gasteiger partial charge on any atom is 0.236 e. The van der Waals surface area contributed by atoms with Crippen LogP contribution < -0.4 is 5.32 Å². The number of hydrogen-bond donors (Lipinski definition) is 1. The molecule has 0 aliphatic heterocycles. The van der Waals surface area contributed by atoms with E-state index in [9.17, 15) is 9.18 Å². The Kier molecular flexibility index (Phi) is 5.32. The number of thioether (sulfide) groups is 1. The number of nitrogens with zero attached hydrogens (tertiary/aromatic N) is 1. The molecule has 3 aromatic rings. The van der Waals surface area contributed by atoms with E-state index in [-0.39, 0.29) is 17.5 Å². The Morgan fingerprint density at radius 1 is 1.26 bits per heavy atom. The molecule has 23 heavy (non-hydrogen) atoms. The number of benzene rings is 1. The van der Waals surface area contributed by atoms with Crippen molar-refractivity contribution in [3.63, 3.8) is 0 Å². The molecule has 0 unspecified atom stereocenters. The number of rotatable bonds is 5. The Morgan fingerprint density at radius 3 is 2.74 bits per heavy atom. The van der Waals surface area contributed by atoms with E-state index < -0.39 is 0 Å². The summed E-state index contributed by atoms with van der Waals surface area (Å²) in [4.78, 5) is 18.1. The SMILES string of the molecule is O=C(CSc1ccc(F)cc1)Nc1nc(-c2ccc(Cl)s2)cs1. The van der Waals surface area contributed by atoms with Gasteiger partial charge in [-0.15, -0.1) is 34.4 Å². The van der Waals surface area contributed by atoms with Crippen LogP contribution in [0.2, 0.25) is 4.34 Å². The quantitative estimate of drug-likeness (QED) is 0.599. The molecular weight excluding hydrogens is 375 g/mol. The van der Waals surface area contributed by atoms with E-state index in [0.29, 0.717) is 9.47 Å². The van der Waals surface area contributed by atoms with Gasteiger partial charge in [-0.2, -0.15) is 0 Å². The van der Waals surface area contributed by atoms with Crippen molar-refractivity contribution >= 4 is 57.1 Å². The molecule has 8 heteroatoms. The third-order valence-corrected chi connectivity index (χ3v) is 5.78. The predicted octanol–water partition coefficient (Wildman–Crippen LogP) is 5.39. The molecule has 0 spiro atoms. The predicted molar refractivity (Wildman–Crippen MR) is 96.2 cm³/mol. The Labute approximate surface area is 149 Å². The highest BCUT2D eigenvalue weighted by molar-refractivity contribution is 8.00. The first-order valence-corrected chi connectivity index (χ1v) is 9.55. The second-order valence-corrected chi connectivity index (χ2v) is 8.05. The normalized spacial score (nSPS) is 10.7. The fourth-order valence-electron chi connectivity index (χ4n) is 1.73. The van der Waals surface area contributed by atoms with Gasteiger partial charge in [-0.25, -0.2) is 9.37 Å². The molecule has 2 heterocycles. The second-order valence-electron chi connectivity index (χ2n) is 4.43. The zero-order chi connectivity index (χ0) is 16.2. The lowest BCUT2D eigenvalue weighted by Crippen LogP contribution is -2.13. The molecule has 3 nitrogen and oxygen atoms in total. The Balaban J connectivity index is 1.56. The van der Waals surface area contributed by atoms with Crippen LogP contribution in [0, 0.1) is 5.82 Å². The molecule has 1 N–H and O–H groups in total. The first-order chi connectivity index (χ1) is 11.1. The molecule has 118 valence electrons. The van der Waals surface area contributed by atoms with Gasteiger partial charge >= 0.3 is 0 Å². The zero-order valence-electron chi connectivity index (χ0n) is 11.6. The van der Waals surface area contributed by atoms with Crippen LogP contribution in [-0.4, -0.2) is 16.6 Å². The van der Waals surface area contributed by atoms with Gasteiger partial charge in [0.1, 0.15) is 5.82 Å². The van der Waals surface area contributed by atoms with Crippen molar-refractivity contribution in [2.24, 2.45) is 0 Å². The van der Waals surface area contributed by atoms with Crippen LogP contribution in [0.3, 0.4) is 0 Å². The fraction of sp³-hybridized carbons (Fsp3) is 0.0667. The summed E-state index contributed by atoms with van der Waals surface area (Å²) in [5.41, 5.74) is 0.799. The van der Waals surface area contributed by atoms with Crippen LogP contribution in [0.4, 0.5) is 9.52 Å². The molecule has 0 saturated carbocycles. The summed E-state index contributed by atoms with van der Waals surface area (Å²) in [6, 6.07) is 9.76. The molecule has 3 rings (SSSR count). The van der Waals surface area contributed by atoms with E-state index in [1.165, 1.54) is 46.6 Å². The minimum atomic E-state index is -0.289. The Bertz CT molecular complexity index is 816. The van der Waals surface area contributed by atoms with E-state index in [0.717, 1.165) is 15.5 Å². The molecule has 0 aliphatic carbocycles. The van der Waals surface area contributed by atoms with Crippen LogP contribution in [-0.2, 0) is 4.79 Å². The van der Waals surface area contributed by atoms with E-state index >= 15 is 0 Å². The molecule has 0 fully saturated rings.